The Hall–Kier alpha value is -1.40. The first-order valence-corrected chi connectivity index (χ1v) is 6.92. The third-order valence-electron chi connectivity index (χ3n) is 3.11. The first kappa shape index (κ1) is 17.7. The lowest BCUT2D eigenvalue weighted by Gasteiger charge is -2.17. The van der Waals surface area contributed by atoms with Gasteiger partial charge in [0, 0.05) is 12.6 Å². The third kappa shape index (κ3) is 6.73. The smallest absolute Gasteiger partial charge is 0.387 e. The van der Waals surface area contributed by atoms with Gasteiger partial charge in [-0.2, -0.15) is 8.78 Å². The lowest BCUT2D eigenvalue weighted by molar-refractivity contribution is -0.0512. The van der Waals surface area contributed by atoms with Crippen LogP contribution >= 0.6 is 0 Å². The molecule has 0 spiro atoms. The number of alkyl halides is 2. The highest BCUT2D eigenvalue weighted by Gasteiger charge is 2.11. The first-order valence-electron chi connectivity index (χ1n) is 6.92. The van der Waals surface area contributed by atoms with E-state index in [0.29, 0.717) is 18.3 Å². The van der Waals surface area contributed by atoms with Gasteiger partial charge < -0.3 is 19.7 Å². The summed E-state index contributed by atoms with van der Waals surface area (Å²) in [6.07, 6.45) is 1.02. The highest BCUT2D eigenvalue weighted by Crippen LogP contribution is 2.29. The zero-order valence-electron chi connectivity index (χ0n) is 13.0. The molecule has 21 heavy (non-hydrogen) atoms. The molecule has 120 valence electrons. The Labute approximate surface area is 125 Å². The number of rotatable bonds is 9. The van der Waals surface area contributed by atoms with Gasteiger partial charge in [-0.25, -0.2) is 0 Å². The molecular formula is C15H24F2N2O2. The van der Waals surface area contributed by atoms with Crippen molar-refractivity contribution in [3.63, 3.8) is 0 Å². The lowest BCUT2D eigenvalue weighted by atomic mass is 10.1. The van der Waals surface area contributed by atoms with E-state index in [1.807, 2.05) is 20.2 Å². The monoisotopic (exact) mass is 302 g/mol. The van der Waals surface area contributed by atoms with Crippen molar-refractivity contribution in [3.8, 4) is 11.5 Å². The minimum Gasteiger partial charge on any atom is -0.493 e. The second kappa shape index (κ2) is 8.79. The van der Waals surface area contributed by atoms with E-state index < -0.39 is 6.61 Å². The van der Waals surface area contributed by atoms with Gasteiger partial charge in [0.1, 0.15) is 0 Å². The van der Waals surface area contributed by atoms with E-state index in [4.69, 9.17) is 4.74 Å². The molecule has 0 aliphatic carbocycles. The third-order valence-corrected chi connectivity index (χ3v) is 3.11. The fourth-order valence-corrected chi connectivity index (χ4v) is 1.87. The van der Waals surface area contributed by atoms with Crippen molar-refractivity contribution < 1.29 is 18.3 Å². The molecule has 0 bridgehead atoms. The Morgan fingerprint density at radius 3 is 2.52 bits per heavy atom. The highest BCUT2D eigenvalue weighted by atomic mass is 19.3. The summed E-state index contributed by atoms with van der Waals surface area (Å²) < 4.78 is 34.2. The Bertz CT molecular complexity index is 428. The fourth-order valence-electron chi connectivity index (χ4n) is 1.87. The Morgan fingerprint density at radius 1 is 1.24 bits per heavy atom. The van der Waals surface area contributed by atoms with Crippen LogP contribution in [0.25, 0.3) is 0 Å². The van der Waals surface area contributed by atoms with Crippen LogP contribution in [0.1, 0.15) is 18.9 Å². The van der Waals surface area contributed by atoms with E-state index in [0.717, 1.165) is 18.5 Å². The minimum atomic E-state index is -2.86. The number of nitrogens with zero attached hydrogens (tertiary/aromatic N) is 1. The standard InChI is InChI=1S/C15H24F2N2O2/c1-11(7-8-19(2)3)18-10-12-5-6-13(20-4)14(9-12)21-15(16)17/h5-6,9,11,15,18H,7-8,10H2,1-4H3. The van der Waals surface area contributed by atoms with Crippen LogP contribution in [-0.2, 0) is 6.54 Å². The summed E-state index contributed by atoms with van der Waals surface area (Å²) in [5.74, 6) is 0.368. The van der Waals surface area contributed by atoms with Crippen molar-refractivity contribution in [1.29, 1.82) is 0 Å². The molecule has 0 amide bonds. The van der Waals surface area contributed by atoms with Crippen LogP contribution in [0.4, 0.5) is 8.78 Å². The van der Waals surface area contributed by atoms with E-state index in [2.05, 4.69) is 21.9 Å². The average molecular weight is 302 g/mol. The minimum absolute atomic E-state index is 0.0627. The maximum absolute atomic E-state index is 12.4. The van der Waals surface area contributed by atoms with Crippen molar-refractivity contribution >= 4 is 0 Å². The molecule has 1 aromatic rings. The molecule has 0 aromatic heterocycles. The Kier molecular flexibility index (Phi) is 7.39. The van der Waals surface area contributed by atoms with Crippen molar-refractivity contribution in [3.05, 3.63) is 23.8 Å². The van der Waals surface area contributed by atoms with Crippen LogP contribution in [0.2, 0.25) is 0 Å². The number of hydrogen-bond donors (Lipinski definition) is 1. The van der Waals surface area contributed by atoms with Crippen LogP contribution in [0, 0.1) is 0 Å². The van der Waals surface area contributed by atoms with Gasteiger partial charge in [-0.3, -0.25) is 0 Å². The van der Waals surface area contributed by atoms with Gasteiger partial charge >= 0.3 is 6.61 Å². The van der Waals surface area contributed by atoms with Crippen LogP contribution < -0.4 is 14.8 Å². The molecular weight excluding hydrogens is 278 g/mol. The van der Waals surface area contributed by atoms with E-state index in [-0.39, 0.29) is 5.75 Å². The predicted octanol–water partition coefficient (Wildman–Crippen LogP) is 2.73. The average Bonchev–Trinajstić information content (AvgIpc) is 2.42. The highest BCUT2D eigenvalue weighted by molar-refractivity contribution is 5.42. The van der Waals surface area contributed by atoms with E-state index in [9.17, 15) is 8.78 Å². The van der Waals surface area contributed by atoms with Gasteiger partial charge in [0.25, 0.3) is 0 Å². The number of benzene rings is 1. The zero-order chi connectivity index (χ0) is 15.8. The molecule has 0 aliphatic heterocycles. The number of halogens is 2. The number of nitrogens with one attached hydrogen (secondary N) is 1. The summed E-state index contributed by atoms with van der Waals surface area (Å²) in [5.41, 5.74) is 0.878. The molecule has 0 saturated heterocycles. The molecule has 1 N–H and O–H groups in total. The van der Waals surface area contributed by atoms with Crippen molar-refractivity contribution in [1.82, 2.24) is 10.2 Å². The quantitative estimate of drug-likeness (QED) is 0.760. The lowest BCUT2D eigenvalue weighted by Crippen LogP contribution is -2.29. The molecule has 1 unspecified atom stereocenters. The van der Waals surface area contributed by atoms with Crippen LogP contribution in [0.5, 0.6) is 11.5 Å². The number of ether oxygens (including phenoxy) is 2. The van der Waals surface area contributed by atoms with Crippen molar-refractivity contribution in [2.45, 2.75) is 32.5 Å². The van der Waals surface area contributed by atoms with Gasteiger partial charge in [-0.1, -0.05) is 6.07 Å². The van der Waals surface area contributed by atoms with Crippen molar-refractivity contribution in [2.24, 2.45) is 0 Å². The van der Waals surface area contributed by atoms with Crippen LogP contribution in [-0.4, -0.2) is 45.3 Å². The molecule has 4 nitrogen and oxygen atoms in total. The summed E-state index contributed by atoms with van der Waals surface area (Å²) in [6, 6.07) is 5.40. The van der Waals surface area contributed by atoms with Gasteiger partial charge in [0.05, 0.1) is 7.11 Å². The first-order chi connectivity index (χ1) is 9.92. The van der Waals surface area contributed by atoms with E-state index in [1.165, 1.54) is 7.11 Å². The van der Waals surface area contributed by atoms with Gasteiger partial charge in [-0.15, -0.1) is 0 Å². The molecule has 1 aromatic carbocycles. The number of methoxy groups -OCH3 is 1. The van der Waals surface area contributed by atoms with Gasteiger partial charge in [-0.05, 0) is 51.7 Å². The van der Waals surface area contributed by atoms with Gasteiger partial charge in [0.2, 0.25) is 0 Å². The van der Waals surface area contributed by atoms with Gasteiger partial charge in [0.15, 0.2) is 11.5 Å². The normalized spacial score (nSPS) is 12.8. The van der Waals surface area contributed by atoms with Crippen LogP contribution in [0.15, 0.2) is 18.2 Å². The molecule has 1 rings (SSSR count). The molecule has 6 heteroatoms. The summed E-state index contributed by atoms with van der Waals surface area (Å²) in [6.45, 7) is 0.833. The molecule has 0 radical (unpaired) electrons. The maximum atomic E-state index is 12.4. The predicted molar refractivity (Wildman–Crippen MR) is 79.1 cm³/mol. The molecule has 0 heterocycles. The summed E-state index contributed by atoms with van der Waals surface area (Å²) in [4.78, 5) is 2.13. The summed E-state index contributed by atoms with van der Waals surface area (Å²) in [7, 11) is 5.49. The Balaban J connectivity index is 2.59. The topological polar surface area (TPSA) is 33.7 Å². The summed E-state index contributed by atoms with van der Waals surface area (Å²) >= 11 is 0. The maximum Gasteiger partial charge on any atom is 0.387 e. The Morgan fingerprint density at radius 2 is 1.95 bits per heavy atom. The summed E-state index contributed by atoms with van der Waals surface area (Å²) in [5, 5.41) is 3.36. The second-order valence-electron chi connectivity index (χ2n) is 5.24. The van der Waals surface area contributed by atoms with E-state index in [1.54, 1.807) is 12.1 Å². The second-order valence-corrected chi connectivity index (χ2v) is 5.24. The molecule has 0 saturated carbocycles. The van der Waals surface area contributed by atoms with E-state index >= 15 is 0 Å². The zero-order valence-corrected chi connectivity index (χ0v) is 13.0. The van der Waals surface area contributed by atoms with Crippen molar-refractivity contribution in [2.75, 3.05) is 27.7 Å². The SMILES string of the molecule is COc1ccc(CNC(C)CCN(C)C)cc1OC(F)F. The molecule has 0 fully saturated rings. The fraction of sp³-hybridized carbons (Fsp3) is 0.600. The van der Waals surface area contributed by atoms with Crippen LogP contribution in [0.3, 0.4) is 0 Å². The number of hydrogen-bond acceptors (Lipinski definition) is 4. The molecule has 1 atom stereocenters. The molecule has 0 aliphatic rings. The largest absolute Gasteiger partial charge is 0.493 e.